The number of hydrogen-bond donors (Lipinski definition) is 2. The molecule has 9 heteroatoms. The van der Waals surface area contributed by atoms with Gasteiger partial charge in [-0.1, -0.05) is 19.1 Å². The highest BCUT2D eigenvalue weighted by Gasteiger charge is 2.72. The number of amides is 3. The van der Waals surface area contributed by atoms with Crippen molar-refractivity contribution in [2.24, 2.45) is 23.1 Å². The van der Waals surface area contributed by atoms with Crippen molar-refractivity contribution >= 4 is 17.7 Å². The van der Waals surface area contributed by atoms with E-state index in [2.05, 4.69) is 10.3 Å². The monoisotopic (exact) mass is 292 g/mol. The van der Waals surface area contributed by atoms with Crippen molar-refractivity contribution in [1.29, 1.82) is 0 Å². The third-order valence-electron chi connectivity index (χ3n) is 4.35. The molecule has 0 aromatic carbocycles. The number of likely N-dealkylation sites (tertiary alicyclic amines) is 1. The Balaban J connectivity index is 1.62. The van der Waals surface area contributed by atoms with E-state index in [1.165, 1.54) is 15.8 Å². The van der Waals surface area contributed by atoms with Crippen LogP contribution in [0.5, 0.6) is 0 Å². The number of carbonyl (C=O) groups is 3. The Morgan fingerprint density at radius 1 is 1.33 bits per heavy atom. The molecule has 112 valence electrons. The summed E-state index contributed by atoms with van der Waals surface area (Å²) in [6, 6.07) is 0. The number of nitrogens with two attached hydrogens (primary N) is 1. The van der Waals surface area contributed by atoms with Crippen molar-refractivity contribution in [3.05, 3.63) is 11.9 Å². The lowest BCUT2D eigenvalue weighted by Gasteiger charge is -2.20. The summed E-state index contributed by atoms with van der Waals surface area (Å²) in [6.07, 6.45) is 1.41. The van der Waals surface area contributed by atoms with E-state index < -0.39 is 5.91 Å². The van der Waals surface area contributed by atoms with Crippen LogP contribution < -0.4 is 11.3 Å². The topological polar surface area (TPSA) is 123 Å². The van der Waals surface area contributed by atoms with E-state index in [0.29, 0.717) is 6.54 Å². The van der Waals surface area contributed by atoms with Crippen LogP contribution in [0.3, 0.4) is 0 Å². The summed E-state index contributed by atoms with van der Waals surface area (Å²) in [7, 11) is 0. The summed E-state index contributed by atoms with van der Waals surface area (Å²) < 4.78 is 1.40. The highest BCUT2D eigenvalue weighted by Crippen LogP contribution is 2.63. The molecule has 3 N–H and O–H groups in total. The van der Waals surface area contributed by atoms with Gasteiger partial charge in [0, 0.05) is 6.54 Å². The molecule has 0 bridgehead atoms. The van der Waals surface area contributed by atoms with Crippen LogP contribution in [0, 0.1) is 17.3 Å². The number of fused-ring (bicyclic) bond motifs is 1. The first kappa shape index (κ1) is 13.7. The Kier molecular flexibility index (Phi) is 2.84. The van der Waals surface area contributed by atoms with Crippen LogP contribution in [0.2, 0.25) is 0 Å². The second-order valence-corrected chi connectivity index (χ2v) is 5.95. The third kappa shape index (κ3) is 1.92. The predicted molar refractivity (Wildman–Crippen MR) is 69.2 cm³/mol. The molecule has 3 amide bonds. The molecule has 2 atom stereocenters. The van der Waals surface area contributed by atoms with Gasteiger partial charge in [0.15, 0.2) is 5.69 Å². The molecule has 1 aromatic rings. The molecule has 2 aliphatic rings. The second-order valence-electron chi connectivity index (χ2n) is 5.95. The van der Waals surface area contributed by atoms with Gasteiger partial charge < -0.3 is 0 Å². The van der Waals surface area contributed by atoms with Crippen LogP contribution in [0.4, 0.5) is 0 Å². The fourth-order valence-electron chi connectivity index (χ4n) is 3.01. The second kappa shape index (κ2) is 4.35. The van der Waals surface area contributed by atoms with Crippen LogP contribution >= 0.6 is 0 Å². The molecule has 9 nitrogen and oxygen atoms in total. The number of rotatable bonds is 4. The molecule has 1 aromatic heterocycles. The molecule has 2 fully saturated rings. The number of piperidine rings is 1. The van der Waals surface area contributed by atoms with Crippen molar-refractivity contribution in [3.63, 3.8) is 0 Å². The Labute approximate surface area is 120 Å². The average Bonchev–Trinajstić information content (AvgIpc) is 2.78. The minimum absolute atomic E-state index is 0.0838. The van der Waals surface area contributed by atoms with Crippen molar-refractivity contribution in [1.82, 2.24) is 25.3 Å². The Morgan fingerprint density at radius 3 is 2.52 bits per heavy atom. The standard InChI is InChI=1S/C12H16N6O3/c1-12(2)7-8(12)11(21)18(10(7)20)4-3-17-5-6(15-16-17)9(19)14-13/h5,7-8H,3-4,13H2,1-2H3,(H,14,19). The first-order valence-electron chi connectivity index (χ1n) is 6.64. The van der Waals surface area contributed by atoms with Gasteiger partial charge >= 0.3 is 0 Å². The molecule has 1 saturated carbocycles. The van der Waals surface area contributed by atoms with E-state index in [1.807, 2.05) is 19.3 Å². The molecule has 21 heavy (non-hydrogen) atoms. The highest BCUT2D eigenvalue weighted by molar-refractivity contribution is 6.10. The number of nitrogens with one attached hydrogen (secondary N) is 1. The zero-order chi connectivity index (χ0) is 15.4. The fourth-order valence-corrected chi connectivity index (χ4v) is 3.01. The van der Waals surface area contributed by atoms with Crippen LogP contribution in [0.15, 0.2) is 6.20 Å². The van der Waals surface area contributed by atoms with Gasteiger partial charge in [0.05, 0.1) is 24.6 Å². The zero-order valence-electron chi connectivity index (χ0n) is 11.7. The largest absolute Gasteiger partial charge is 0.289 e. The van der Waals surface area contributed by atoms with Gasteiger partial charge in [-0.25, -0.2) is 10.5 Å². The lowest BCUT2D eigenvalue weighted by Crippen LogP contribution is -2.38. The summed E-state index contributed by atoms with van der Waals surface area (Å²) in [4.78, 5) is 36.8. The number of aromatic nitrogens is 3. The summed E-state index contributed by atoms with van der Waals surface area (Å²) in [5.41, 5.74) is 1.83. The minimum Gasteiger partial charge on any atom is -0.289 e. The van der Waals surface area contributed by atoms with Crippen molar-refractivity contribution < 1.29 is 14.4 Å². The van der Waals surface area contributed by atoms with Gasteiger partial charge in [-0.05, 0) is 5.41 Å². The molecule has 1 saturated heterocycles. The Bertz CT molecular complexity index is 613. The number of hydrazine groups is 1. The molecular weight excluding hydrogens is 276 g/mol. The van der Waals surface area contributed by atoms with E-state index in [-0.39, 0.29) is 41.3 Å². The van der Waals surface area contributed by atoms with Crippen LogP contribution in [0.1, 0.15) is 24.3 Å². The van der Waals surface area contributed by atoms with E-state index in [0.717, 1.165) is 0 Å². The normalized spacial score (nSPS) is 26.0. The predicted octanol–water partition coefficient (Wildman–Crippen LogP) is -1.48. The Hall–Kier alpha value is -2.29. The summed E-state index contributed by atoms with van der Waals surface area (Å²) in [5.74, 6) is 3.86. The molecule has 2 unspecified atom stereocenters. The Morgan fingerprint density at radius 2 is 1.95 bits per heavy atom. The SMILES string of the molecule is CC1(C)C2C(=O)N(CCn3cc(C(=O)NN)nn3)C(=O)C21. The van der Waals surface area contributed by atoms with Crippen molar-refractivity contribution in [2.75, 3.05) is 6.54 Å². The molecule has 3 rings (SSSR count). The number of hydrogen-bond acceptors (Lipinski definition) is 6. The lowest BCUT2D eigenvalue weighted by atomic mass is 10.1. The van der Waals surface area contributed by atoms with E-state index >= 15 is 0 Å². The average molecular weight is 292 g/mol. The quantitative estimate of drug-likeness (QED) is 0.302. The van der Waals surface area contributed by atoms with E-state index in [9.17, 15) is 14.4 Å². The van der Waals surface area contributed by atoms with Crippen molar-refractivity contribution in [3.8, 4) is 0 Å². The first-order chi connectivity index (χ1) is 9.87. The zero-order valence-corrected chi connectivity index (χ0v) is 11.7. The van der Waals surface area contributed by atoms with Gasteiger partial charge in [0.25, 0.3) is 5.91 Å². The van der Waals surface area contributed by atoms with Gasteiger partial charge in [-0.15, -0.1) is 5.10 Å². The van der Waals surface area contributed by atoms with Gasteiger partial charge in [0.1, 0.15) is 0 Å². The first-order valence-corrected chi connectivity index (χ1v) is 6.64. The van der Waals surface area contributed by atoms with E-state index in [1.54, 1.807) is 0 Å². The van der Waals surface area contributed by atoms with Crippen LogP contribution in [-0.4, -0.2) is 44.2 Å². The highest BCUT2D eigenvalue weighted by atomic mass is 16.2. The number of nitrogen functional groups attached to an aromatic ring is 1. The molecule has 0 spiro atoms. The number of carbonyl (C=O) groups excluding carboxylic acids is 3. The third-order valence-corrected chi connectivity index (χ3v) is 4.35. The molecule has 2 heterocycles. The van der Waals surface area contributed by atoms with Gasteiger partial charge in [-0.2, -0.15) is 0 Å². The maximum atomic E-state index is 12.1. The molecule has 0 radical (unpaired) electrons. The summed E-state index contributed by atoms with van der Waals surface area (Å²) in [6.45, 7) is 4.39. The van der Waals surface area contributed by atoms with Crippen LogP contribution in [-0.2, 0) is 16.1 Å². The lowest BCUT2D eigenvalue weighted by molar-refractivity contribution is -0.143. The molecule has 1 aliphatic carbocycles. The fraction of sp³-hybridized carbons (Fsp3) is 0.583. The maximum absolute atomic E-state index is 12.1. The van der Waals surface area contributed by atoms with Crippen molar-refractivity contribution in [2.45, 2.75) is 20.4 Å². The van der Waals surface area contributed by atoms with Gasteiger partial charge in [0.2, 0.25) is 11.8 Å². The van der Waals surface area contributed by atoms with E-state index in [4.69, 9.17) is 5.84 Å². The minimum atomic E-state index is -0.544. The summed E-state index contributed by atoms with van der Waals surface area (Å²) >= 11 is 0. The number of imide groups is 1. The summed E-state index contributed by atoms with van der Waals surface area (Å²) in [5, 5.41) is 7.41. The molecule has 1 aliphatic heterocycles. The maximum Gasteiger partial charge on any atom is 0.287 e. The molecular formula is C12H16N6O3. The number of nitrogens with zero attached hydrogens (tertiary/aromatic N) is 4. The van der Waals surface area contributed by atoms with Gasteiger partial charge in [-0.3, -0.25) is 24.7 Å². The van der Waals surface area contributed by atoms with Crippen LogP contribution in [0.25, 0.3) is 0 Å². The smallest absolute Gasteiger partial charge is 0.287 e.